The summed E-state index contributed by atoms with van der Waals surface area (Å²) in [4.78, 5) is 28.8. The molecule has 2 rings (SSSR count). The summed E-state index contributed by atoms with van der Waals surface area (Å²) in [6, 6.07) is 7.21. The first-order valence-electron chi connectivity index (χ1n) is 9.05. The molecule has 1 fully saturated rings. The molecule has 1 N–H and O–H groups in total. The van der Waals surface area contributed by atoms with Gasteiger partial charge in [-0.15, -0.1) is 0 Å². The van der Waals surface area contributed by atoms with Gasteiger partial charge in [-0.3, -0.25) is 9.59 Å². The van der Waals surface area contributed by atoms with Gasteiger partial charge in [-0.25, -0.2) is 0 Å². The van der Waals surface area contributed by atoms with Crippen molar-refractivity contribution in [3.05, 3.63) is 29.8 Å². The number of nitrogens with zero attached hydrogens (tertiary/aromatic N) is 2. The van der Waals surface area contributed by atoms with Crippen molar-refractivity contribution in [1.29, 1.82) is 0 Å². The second kappa shape index (κ2) is 9.42. The third-order valence-electron chi connectivity index (χ3n) is 4.33. The third-order valence-corrected chi connectivity index (χ3v) is 4.33. The van der Waals surface area contributed by atoms with Crippen LogP contribution in [0.15, 0.2) is 24.3 Å². The van der Waals surface area contributed by atoms with Crippen molar-refractivity contribution in [3.8, 4) is 5.75 Å². The van der Waals surface area contributed by atoms with Crippen molar-refractivity contribution >= 4 is 11.8 Å². The van der Waals surface area contributed by atoms with Crippen LogP contribution in [0.2, 0.25) is 0 Å². The Labute approximate surface area is 150 Å². The molecule has 1 aromatic rings. The molecule has 0 atom stereocenters. The smallest absolute Gasteiger partial charge is 0.254 e. The summed E-state index contributed by atoms with van der Waals surface area (Å²) in [7, 11) is 0. The van der Waals surface area contributed by atoms with Gasteiger partial charge in [0.25, 0.3) is 5.91 Å². The lowest BCUT2D eigenvalue weighted by Gasteiger charge is -2.30. The average Bonchev–Trinajstić information content (AvgIpc) is 2.63. The quantitative estimate of drug-likeness (QED) is 0.816. The lowest BCUT2D eigenvalue weighted by molar-refractivity contribution is -0.132. The SMILES string of the molecule is CCOc1ccc(C(=O)N(CCC(=O)N2CCNCC2)C(C)C)cc1. The maximum atomic E-state index is 12.8. The molecule has 1 aromatic carbocycles. The zero-order valence-corrected chi connectivity index (χ0v) is 15.5. The zero-order valence-electron chi connectivity index (χ0n) is 15.5. The number of rotatable bonds is 7. The van der Waals surface area contributed by atoms with Gasteiger partial charge in [-0.2, -0.15) is 0 Å². The molecule has 1 aliphatic heterocycles. The second-order valence-electron chi connectivity index (χ2n) is 6.43. The molecule has 6 nitrogen and oxygen atoms in total. The number of piperazine rings is 1. The molecule has 0 aromatic heterocycles. The third kappa shape index (κ3) is 5.46. The Balaban J connectivity index is 1.96. The number of hydrogen-bond donors (Lipinski definition) is 1. The number of hydrogen-bond acceptors (Lipinski definition) is 4. The predicted molar refractivity (Wildman–Crippen MR) is 97.9 cm³/mol. The number of carbonyl (C=O) groups excluding carboxylic acids is 2. The summed E-state index contributed by atoms with van der Waals surface area (Å²) in [5.41, 5.74) is 0.617. The lowest BCUT2D eigenvalue weighted by Crippen LogP contribution is -2.47. The lowest BCUT2D eigenvalue weighted by atomic mass is 10.1. The normalized spacial score (nSPS) is 14.5. The van der Waals surface area contributed by atoms with Crippen molar-refractivity contribution in [1.82, 2.24) is 15.1 Å². The molecule has 0 aliphatic carbocycles. The van der Waals surface area contributed by atoms with Crippen LogP contribution in [0.1, 0.15) is 37.6 Å². The van der Waals surface area contributed by atoms with Gasteiger partial charge in [0.05, 0.1) is 6.61 Å². The highest BCUT2D eigenvalue weighted by Crippen LogP contribution is 2.15. The number of benzene rings is 1. The van der Waals surface area contributed by atoms with Crippen molar-refractivity contribution in [2.75, 3.05) is 39.3 Å². The molecular weight excluding hydrogens is 318 g/mol. The highest BCUT2D eigenvalue weighted by molar-refractivity contribution is 5.94. The highest BCUT2D eigenvalue weighted by Gasteiger charge is 2.22. The van der Waals surface area contributed by atoms with Crippen LogP contribution in [0.4, 0.5) is 0 Å². The van der Waals surface area contributed by atoms with E-state index in [4.69, 9.17) is 4.74 Å². The number of ether oxygens (including phenoxy) is 1. The number of amides is 2. The Morgan fingerprint density at radius 3 is 2.40 bits per heavy atom. The van der Waals surface area contributed by atoms with Gasteiger partial charge >= 0.3 is 0 Å². The Morgan fingerprint density at radius 2 is 1.84 bits per heavy atom. The van der Waals surface area contributed by atoms with E-state index in [-0.39, 0.29) is 17.9 Å². The molecule has 1 saturated heterocycles. The van der Waals surface area contributed by atoms with Crippen LogP contribution in [0.5, 0.6) is 5.75 Å². The van der Waals surface area contributed by atoms with Crippen molar-refractivity contribution in [2.45, 2.75) is 33.2 Å². The zero-order chi connectivity index (χ0) is 18.2. The highest BCUT2D eigenvalue weighted by atomic mass is 16.5. The molecule has 0 spiro atoms. The fourth-order valence-corrected chi connectivity index (χ4v) is 2.91. The first-order chi connectivity index (χ1) is 12.0. The van der Waals surface area contributed by atoms with Crippen LogP contribution in [0.3, 0.4) is 0 Å². The van der Waals surface area contributed by atoms with Gasteiger partial charge in [0, 0.05) is 50.7 Å². The molecule has 6 heteroatoms. The topological polar surface area (TPSA) is 61.9 Å². The summed E-state index contributed by atoms with van der Waals surface area (Å²) in [6.07, 6.45) is 0.362. The standard InChI is InChI=1S/C19H29N3O3/c1-4-25-17-7-5-16(6-8-17)19(24)22(15(2)3)12-9-18(23)21-13-10-20-11-14-21/h5-8,15,20H,4,9-14H2,1-3H3. The van der Waals surface area contributed by atoms with E-state index in [2.05, 4.69) is 5.32 Å². The van der Waals surface area contributed by atoms with Gasteiger partial charge in [-0.05, 0) is 45.0 Å². The monoisotopic (exact) mass is 347 g/mol. The molecule has 2 amide bonds. The molecule has 0 bridgehead atoms. The van der Waals surface area contributed by atoms with Crippen molar-refractivity contribution < 1.29 is 14.3 Å². The van der Waals surface area contributed by atoms with Crippen molar-refractivity contribution in [2.24, 2.45) is 0 Å². The van der Waals surface area contributed by atoms with E-state index < -0.39 is 0 Å². The molecule has 1 aliphatic rings. The van der Waals surface area contributed by atoms with E-state index in [1.807, 2.05) is 25.7 Å². The van der Waals surface area contributed by atoms with Crippen molar-refractivity contribution in [3.63, 3.8) is 0 Å². The average molecular weight is 347 g/mol. The fourth-order valence-electron chi connectivity index (χ4n) is 2.91. The molecule has 25 heavy (non-hydrogen) atoms. The maximum absolute atomic E-state index is 12.8. The van der Waals surface area contributed by atoms with Gasteiger partial charge in [-0.1, -0.05) is 0 Å². The molecule has 0 unspecified atom stereocenters. The van der Waals surface area contributed by atoms with Crippen LogP contribution in [0.25, 0.3) is 0 Å². The number of carbonyl (C=O) groups is 2. The molecule has 0 radical (unpaired) electrons. The first-order valence-corrected chi connectivity index (χ1v) is 9.05. The predicted octanol–water partition coefficient (Wildman–Crippen LogP) is 1.76. The molecule has 0 saturated carbocycles. The first kappa shape index (κ1) is 19.2. The Kier molecular flexibility index (Phi) is 7.25. The minimum Gasteiger partial charge on any atom is -0.494 e. The summed E-state index contributed by atoms with van der Waals surface area (Å²) in [6.45, 7) is 10.1. The fraction of sp³-hybridized carbons (Fsp3) is 0.579. The molecular formula is C19H29N3O3. The second-order valence-corrected chi connectivity index (χ2v) is 6.43. The molecule has 138 valence electrons. The van der Waals surface area contributed by atoms with Crippen LogP contribution in [-0.4, -0.2) is 67.0 Å². The summed E-state index contributed by atoms with van der Waals surface area (Å²) >= 11 is 0. The Hall–Kier alpha value is -2.08. The van der Waals surface area contributed by atoms with Gasteiger partial charge in [0.2, 0.25) is 5.91 Å². The van der Waals surface area contributed by atoms with E-state index in [1.165, 1.54) is 0 Å². The Bertz CT molecular complexity index is 566. The summed E-state index contributed by atoms with van der Waals surface area (Å²) in [5, 5.41) is 3.24. The van der Waals surface area contributed by atoms with E-state index >= 15 is 0 Å². The van der Waals surface area contributed by atoms with E-state index in [9.17, 15) is 9.59 Å². The summed E-state index contributed by atoms with van der Waals surface area (Å²) in [5.74, 6) is 0.821. The largest absolute Gasteiger partial charge is 0.494 e. The summed E-state index contributed by atoms with van der Waals surface area (Å²) < 4.78 is 5.41. The van der Waals surface area contributed by atoms with Crippen LogP contribution in [0, 0.1) is 0 Å². The van der Waals surface area contributed by atoms with Gasteiger partial charge < -0.3 is 19.9 Å². The van der Waals surface area contributed by atoms with Gasteiger partial charge in [0.1, 0.15) is 5.75 Å². The van der Waals surface area contributed by atoms with Crippen LogP contribution < -0.4 is 10.1 Å². The van der Waals surface area contributed by atoms with Gasteiger partial charge in [0.15, 0.2) is 0 Å². The van der Waals surface area contributed by atoms with E-state index in [0.29, 0.717) is 25.1 Å². The van der Waals surface area contributed by atoms with Crippen LogP contribution in [-0.2, 0) is 4.79 Å². The van der Waals surface area contributed by atoms with Crippen LogP contribution >= 0.6 is 0 Å². The number of nitrogens with one attached hydrogen (secondary N) is 1. The molecule has 1 heterocycles. The minimum absolute atomic E-state index is 0.0369. The Morgan fingerprint density at radius 1 is 1.20 bits per heavy atom. The van der Waals surface area contributed by atoms with E-state index in [1.54, 1.807) is 29.2 Å². The maximum Gasteiger partial charge on any atom is 0.254 e. The van der Waals surface area contributed by atoms with E-state index in [0.717, 1.165) is 31.9 Å². The minimum atomic E-state index is -0.0499.